The molecule has 9 atom stereocenters. The van der Waals surface area contributed by atoms with Crippen LogP contribution in [0.4, 0.5) is 0 Å². The number of hydrogen-bond acceptors (Lipinski definition) is 12. The number of nitrogens with one attached hydrogen (secondary N) is 1. The van der Waals surface area contributed by atoms with Crippen molar-refractivity contribution >= 4 is 58.0 Å². The molecular formula is C51H78N6O11. The molecule has 68 heavy (non-hydrogen) atoms. The number of carbonyl (C=O) groups excluding carboxylic acids is 8. The number of ether oxygens (including phenoxy) is 2. The second kappa shape index (κ2) is 25.6. The Hall–Kier alpha value is -5.00. The third kappa shape index (κ3) is 13.8. The zero-order chi connectivity index (χ0) is 50.6. The predicted molar refractivity (Wildman–Crippen MR) is 256 cm³/mol. The van der Waals surface area contributed by atoms with Crippen LogP contribution in [0.3, 0.4) is 0 Å². The topological polar surface area (TPSA) is 219 Å². The van der Waals surface area contributed by atoms with Gasteiger partial charge in [0.1, 0.15) is 5.78 Å². The van der Waals surface area contributed by atoms with E-state index in [1.165, 1.54) is 14.2 Å². The van der Waals surface area contributed by atoms with Gasteiger partial charge < -0.3 is 34.8 Å². The van der Waals surface area contributed by atoms with Gasteiger partial charge in [-0.3, -0.25) is 38.5 Å². The molecule has 4 rings (SSSR count). The highest BCUT2D eigenvalue weighted by molar-refractivity contribution is 6.01. The van der Waals surface area contributed by atoms with Crippen molar-refractivity contribution in [3.63, 3.8) is 0 Å². The van der Waals surface area contributed by atoms with Gasteiger partial charge in [0.05, 0.1) is 36.8 Å². The molecule has 0 saturated carbocycles. The van der Waals surface area contributed by atoms with E-state index in [0.717, 1.165) is 16.5 Å². The number of primary amides is 1. The quantitative estimate of drug-likeness (QED) is 0.104. The van der Waals surface area contributed by atoms with E-state index in [4.69, 9.17) is 20.0 Å². The number of aromatic nitrogens is 1. The molecule has 2 aromatic rings. The maximum Gasteiger partial charge on any atom is 0.333 e. The number of hydrogen-bond donors (Lipinski definition) is 2. The van der Waals surface area contributed by atoms with E-state index in [1.807, 2.05) is 76.9 Å². The molecule has 3 N–H and O–H groups in total. The summed E-state index contributed by atoms with van der Waals surface area (Å²) in [6.45, 7) is 14.3. The van der Waals surface area contributed by atoms with Crippen LogP contribution in [0.2, 0.25) is 0 Å². The fourth-order valence-electron chi connectivity index (χ4n) is 10.4. The number of ketones is 2. The van der Waals surface area contributed by atoms with Gasteiger partial charge >= 0.3 is 5.97 Å². The zero-order valence-corrected chi connectivity index (χ0v) is 42.3. The van der Waals surface area contributed by atoms with E-state index in [2.05, 4.69) is 4.98 Å². The third-order valence-corrected chi connectivity index (χ3v) is 14.4. The van der Waals surface area contributed by atoms with Gasteiger partial charge in [-0.25, -0.2) is 4.79 Å². The van der Waals surface area contributed by atoms with Gasteiger partial charge in [-0.05, 0) is 68.7 Å². The average Bonchev–Trinajstić information content (AvgIpc) is 4.03. The van der Waals surface area contributed by atoms with Crippen molar-refractivity contribution in [1.82, 2.24) is 24.7 Å². The lowest BCUT2D eigenvalue weighted by molar-refractivity contribution is -0.197. The van der Waals surface area contributed by atoms with Crippen LogP contribution in [0.5, 0.6) is 0 Å². The Bertz CT molecular complexity index is 2070. The lowest BCUT2D eigenvalue weighted by atomic mass is 9.83. The molecule has 17 heteroatoms. The Kier molecular flexibility index (Phi) is 20.9. The predicted octanol–water partition coefficient (Wildman–Crippen LogP) is 5.27. The molecule has 17 nitrogen and oxygen atoms in total. The Morgan fingerprint density at radius 2 is 1.54 bits per heavy atom. The number of hydroxylamine groups is 2. The number of amides is 5. The largest absolute Gasteiger partial charge is 0.379 e. The van der Waals surface area contributed by atoms with Crippen molar-refractivity contribution in [2.75, 3.05) is 41.4 Å². The molecule has 0 radical (unpaired) electrons. The fraction of sp³-hybridized carbons (Fsp3) is 0.686. The average molecular weight is 951 g/mol. The van der Waals surface area contributed by atoms with Crippen molar-refractivity contribution in [1.29, 1.82) is 0 Å². The number of benzene rings is 1. The molecule has 2 aliphatic heterocycles. The number of imide groups is 1. The van der Waals surface area contributed by atoms with Crippen LogP contribution >= 0.6 is 0 Å². The molecule has 2 aliphatic rings. The molecule has 1 aromatic heterocycles. The maximum absolute atomic E-state index is 14.7. The number of likely N-dealkylation sites (tertiary alicyclic amines) is 1. The number of para-hydroxylation sites is 1. The number of Topliss-reactive ketones (excluding diaryl/α,β-unsaturated/α-hetero) is 2. The number of nitrogens with two attached hydrogens (primary N) is 1. The van der Waals surface area contributed by atoms with E-state index in [-0.39, 0.29) is 79.7 Å². The number of likely N-dealkylation sites (N-methyl/N-ethyl adjacent to an activating group) is 2. The molecule has 0 spiro atoms. The molecule has 5 amide bonds. The molecule has 0 aliphatic carbocycles. The summed E-state index contributed by atoms with van der Waals surface area (Å²) in [5.41, 5.74) is 7.69. The molecular weight excluding hydrogens is 873 g/mol. The first-order valence-electron chi connectivity index (χ1n) is 24.4. The number of nitrogens with zero attached hydrogens (tertiary/aromatic N) is 4. The molecule has 0 bridgehead atoms. The lowest BCUT2D eigenvalue weighted by Gasteiger charge is -2.41. The minimum absolute atomic E-state index is 0.00595. The normalized spacial score (nSPS) is 19.0. The summed E-state index contributed by atoms with van der Waals surface area (Å²) in [6.07, 6.45) is 2.97. The molecule has 3 heterocycles. The molecule has 0 unspecified atom stereocenters. The number of aromatic amines is 1. The summed E-state index contributed by atoms with van der Waals surface area (Å²) in [6, 6.07) is 6.27. The smallest absolute Gasteiger partial charge is 0.333 e. The Balaban J connectivity index is 1.42. The second-order valence-corrected chi connectivity index (χ2v) is 19.8. The van der Waals surface area contributed by atoms with Crippen molar-refractivity contribution in [3.8, 4) is 0 Å². The first-order chi connectivity index (χ1) is 32.2. The van der Waals surface area contributed by atoms with Crippen molar-refractivity contribution in [2.45, 2.75) is 149 Å². The van der Waals surface area contributed by atoms with Crippen LogP contribution in [0.1, 0.15) is 118 Å². The Labute approximate surface area is 402 Å². The van der Waals surface area contributed by atoms with Crippen LogP contribution in [-0.2, 0) is 59.1 Å². The van der Waals surface area contributed by atoms with Gasteiger partial charge in [0.15, 0.2) is 5.78 Å². The van der Waals surface area contributed by atoms with Crippen LogP contribution in [0.15, 0.2) is 30.5 Å². The van der Waals surface area contributed by atoms with Crippen molar-refractivity contribution in [2.24, 2.45) is 41.2 Å². The number of carbonyl (C=O) groups is 8. The molecule has 378 valence electrons. The minimum Gasteiger partial charge on any atom is -0.379 e. The number of methoxy groups -OCH3 is 2. The van der Waals surface area contributed by atoms with Gasteiger partial charge in [-0.1, -0.05) is 73.1 Å². The van der Waals surface area contributed by atoms with E-state index in [1.54, 1.807) is 30.8 Å². The third-order valence-electron chi connectivity index (χ3n) is 14.4. The Morgan fingerprint density at radius 1 is 0.882 bits per heavy atom. The first-order valence-corrected chi connectivity index (χ1v) is 24.4. The molecule has 2 saturated heterocycles. The van der Waals surface area contributed by atoms with Crippen LogP contribution in [0.25, 0.3) is 10.9 Å². The van der Waals surface area contributed by atoms with Gasteiger partial charge in [-0.2, -0.15) is 0 Å². The van der Waals surface area contributed by atoms with Gasteiger partial charge in [-0.15, -0.1) is 5.06 Å². The summed E-state index contributed by atoms with van der Waals surface area (Å²) in [5.74, 6) is -5.52. The first kappa shape index (κ1) is 55.6. The Morgan fingerprint density at radius 3 is 2.13 bits per heavy atom. The lowest BCUT2D eigenvalue weighted by Crippen LogP contribution is -2.54. The summed E-state index contributed by atoms with van der Waals surface area (Å²) in [5, 5.41) is 1.49. The summed E-state index contributed by atoms with van der Waals surface area (Å²) in [4.78, 5) is 120. The highest BCUT2D eigenvalue weighted by Gasteiger charge is 2.44. The van der Waals surface area contributed by atoms with Gasteiger partial charge in [0.25, 0.3) is 11.8 Å². The van der Waals surface area contributed by atoms with Crippen molar-refractivity contribution < 1.29 is 52.7 Å². The maximum atomic E-state index is 14.7. The summed E-state index contributed by atoms with van der Waals surface area (Å²) in [7, 11) is 6.58. The zero-order valence-electron chi connectivity index (χ0n) is 42.3. The number of H-pyrrole nitrogens is 1. The SMILES string of the molecule is CC[C@H](C)[C@@H]([C@@H](CC(=O)N1CCC[C@H]1[C@H](OC)[C@@H](C)C(=O)C[C@@H](Cc1c[nH]c2ccccc12)C(N)=O)OC)N(C)C(=O)[C@@H](CC(=O)[C@H](C(C)C)N(C)CCCC(=O)ON1C(=O)CCC1=O)C(C)C. The number of fused-ring (bicyclic) bond motifs is 1. The standard InChI is InChI=1S/C51H78N6O11/c1-12-32(6)48(55(9)51(65)37(30(2)3)27-41(59)47(31(4)5)54(8)23-16-20-46(63)68-57-43(60)21-22-44(57)61)42(66-10)28-45(62)56-24-15-19-39(56)49(67-11)33(7)40(58)26-34(50(52)64)25-35-29-53-38-18-14-13-17-36(35)38/h13-14,17-18,29-34,37,39,42,47-49,53H,12,15-16,19-28H2,1-11H3,(H2,52,64)/t32-,33-,34+,37-,39-,42+,47-,48-,49+/m0/s1. The van der Waals surface area contributed by atoms with E-state index in [9.17, 15) is 38.4 Å². The van der Waals surface area contributed by atoms with E-state index < -0.39 is 71.8 Å². The highest BCUT2D eigenvalue weighted by Crippen LogP contribution is 2.32. The second-order valence-electron chi connectivity index (χ2n) is 19.8. The van der Waals surface area contributed by atoms with Gasteiger partial charge in [0, 0.05) is 94.8 Å². The van der Waals surface area contributed by atoms with Crippen LogP contribution in [-0.4, -0.2) is 144 Å². The fourth-order valence-corrected chi connectivity index (χ4v) is 10.4. The minimum atomic E-state index is -0.728. The number of rotatable bonds is 28. The van der Waals surface area contributed by atoms with E-state index >= 15 is 0 Å². The van der Waals surface area contributed by atoms with E-state index in [0.29, 0.717) is 50.3 Å². The van der Waals surface area contributed by atoms with Crippen LogP contribution < -0.4 is 5.73 Å². The van der Waals surface area contributed by atoms with Gasteiger partial charge in [0.2, 0.25) is 17.7 Å². The molecule has 1 aromatic carbocycles. The summed E-state index contributed by atoms with van der Waals surface area (Å²) >= 11 is 0. The summed E-state index contributed by atoms with van der Waals surface area (Å²) < 4.78 is 12.1. The monoisotopic (exact) mass is 951 g/mol. The molecule has 2 fully saturated rings. The van der Waals surface area contributed by atoms with Crippen LogP contribution in [0, 0.1) is 35.5 Å². The highest BCUT2D eigenvalue weighted by atomic mass is 16.7. The van der Waals surface area contributed by atoms with Crippen molar-refractivity contribution in [3.05, 3.63) is 36.0 Å².